The Kier molecular flexibility index (Phi) is 6.54. The number of benzene rings is 2. The van der Waals surface area contributed by atoms with Gasteiger partial charge in [-0.2, -0.15) is 0 Å². The third-order valence-electron chi connectivity index (χ3n) is 4.59. The number of rotatable bonds is 6. The molecule has 0 bridgehead atoms. The minimum atomic E-state index is -0.142. The van der Waals surface area contributed by atoms with Crippen LogP contribution in [0.2, 0.25) is 0 Å². The fraction of sp³-hybridized carbons (Fsp3) is 0.381. The Labute approximate surface area is 155 Å². The largest absolute Gasteiger partial charge is 0.497 e. The summed E-state index contributed by atoms with van der Waals surface area (Å²) in [4.78, 5) is 13.7. The Balaban J connectivity index is 2.01. The standard InChI is InChI=1S/C21H27NO2S/c1-13-11-14(2)16(4)20(15(13)3)25-17(5)21(23)22-12-18-7-9-19(24-6)10-8-18/h7-11,17H,12H2,1-6H3,(H,22,23)/t17-/m1/s1. The molecular weight excluding hydrogens is 330 g/mol. The molecule has 0 spiro atoms. The Hall–Kier alpha value is -1.94. The van der Waals surface area contributed by atoms with E-state index in [0.717, 1.165) is 11.3 Å². The van der Waals surface area contributed by atoms with E-state index in [1.807, 2.05) is 31.2 Å². The van der Waals surface area contributed by atoms with E-state index in [1.54, 1.807) is 18.9 Å². The normalized spacial score (nSPS) is 11.9. The molecule has 0 aromatic heterocycles. The van der Waals surface area contributed by atoms with E-state index in [0.29, 0.717) is 6.54 Å². The number of nitrogens with one attached hydrogen (secondary N) is 1. The lowest BCUT2D eigenvalue weighted by Crippen LogP contribution is -2.30. The fourth-order valence-electron chi connectivity index (χ4n) is 2.66. The van der Waals surface area contributed by atoms with Crippen LogP contribution in [-0.4, -0.2) is 18.3 Å². The monoisotopic (exact) mass is 357 g/mol. The van der Waals surface area contributed by atoms with Gasteiger partial charge in [-0.15, -0.1) is 11.8 Å². The van der Waals surface area contributed by atoms with Crippen LogP contribution in [-0.2, 0) is 11.3 Å². The van der Waals surface area contributed by atoms with Gasteiger partial charge in [-0.05, 0) is 74.6 Å². The first-order valence-corrected chi connectivity index (χ1v) is 9.36. The molecule has 3 nitrogen and oxygen atoms in total. The van der Waals surface area contributed by atoms with Gasteiger partial charge < -0.3 is 10.1 Å². The lowest BCUT2D eigenvalue weighted by atomic mass is 10.0. The molecule has 0 saturated heterocycles. The summed E-state index contributed by atoms with van der Waals surface area (Å²) in [6.07, 6.45) is 0. The molecule has 2 aromatic rings. The molecule has 2 rings (SSSR count). The van der Waals surface area contributed by atoms with Gasteiger partial charge >= 0.3 is 0 Å². The fourth-order valence-corrected chi connectivity index (χ4v) is 3.88. The second kappa shape index (κ2) is 8.43. The van der Waals surface area contributed by atoms with Crippen LogP contribution in [0.1, 0.15) is 34.7 Å². The quantitative estimate of drug-likeness (QED) is 0.760. The van der Waals surface area contributed by atoms with Gasteiger partial charge in [0.15, 0.2) is 0 Å². The molecule has 0 aliphatic carbocycles. The summed E-state index contributed by atoms with van der Waals surface area (Å²) in [5.41, 5.74) is 6.14. The van der Waals surface area contributed by atoms with Gasteiger partial charge in [-0.25, -0.2) is 0 Å². The number of hydrogen-bond acceptors (Lipinski definition) is 3. The first kappa shape index (κ1) is 19.4. The van der Waals surface area contributed by atoms with Crippen LogP contribution in [0.5, 0.6) is 5.75 Å². The molecule has 0 aliphatic rings. The zero-order valence-electron chi connectivity index (χ0n) is 15.9. The maximum atomic E-state index is 12.5. The van der Waals surface area contributed by atoms with Crippen LogP contribution >= 0.6 is 11.8 Å². The molecule has 134 valence electrons. The minimum absolute atomic E-state index is 0.0544. The average molecular weight is 358 g/mol. The first-order chi connectivity index (χ1) is 11.8. The molecule has 1 amide bonds. The SMILES string of the molecule is COc1ccc(CNC(=O)[C@@H](C)Sc2c(C)c(C)cc(C)c2C)cc1. The Morgan fingerprint density at radius 1 is 1.08 bits per heavy atom. The summed E-state index contributed by atoms with van der Waals surface area (Å²) < 4.78 is 5.15. The molecule has 1 atom stereocenters. The number of methoxy groups -OCH3 is 1. The van der Waals surface area contributed by atoms with Gasteiger partial charge in [0.25, 0.3) is 0 Å². The van der Waals surface area contributed by atoms with Crippen LogP contribution in [0.4, 0.5) is 0 Å². The summed E-state index contributed by atoms with van der Waals surface area (Å²) in [6.45, 7) is 11.0. The van der Waals surface area contributed by atoms with E-state index in [-0.39, 0.29) is 11.2 Å². The number of amides is 1. The van der Waals surface area contributed by atoms with Crippen molar-refractivity contribution in [2.75, 3.05) is 7.11 Å². The van der Waals surface area contributed by atoms with E-state index in [2.05, 4.69) is 39.1 Å². The highest BCUT2D eigenvalue weighted by Crippen LogP contribution is 2.33. The highest BCUT2D eigenvalue weighted by molar-refractivity contribution is 8.00. The lowest BCUT2D eigenvalue weighted by molar-refractivity contribution is -0.120. The Bertz CT molecular complexity index is 727. The van der Waals surface area contributed by atoms with Gasteiger partial charge in [0.1, 0.15) is 5.75 Å². The lowest BCUT2D eigenvalue weighted by Gasteiger charge is -2.18. The van der Waals surface area contributed by atoms with Crippen LogP contribution in [0, 0.1) is 27.7 Å². The highest BCUT2D eigenvalue weighted by atomic mass is 32.2. The van der Waals surface area contributed by atoms with Crippen molar-refractivity contribution >= 4 is 17.7 Å². The van der Waals surface area contributed by atoms with Gasteiger partial charge in [-0.3, -0.25) is 4.79 Å². The van der Waals surface area contributed by atoms with Crippen LogP contribution < -0.4 is 10.1 Å². The summed E-state index contributed by atoms with van der Waals surface area (Å²) in [5, 5.41) is 2.88. The molecule has 0 radical (unpaired) electrons. The first-order valence-electron chi connectivity index (χ1n) is 8.48. The molecule has 2 aromatic carbocycles. The molecular formula is C21H27NO2S. The molecule has 0 saturated carbocycles. The maximum Gasteiger partial charge on any atom is 0.233 e. The van der Waals surface area contributed by atoms with E-state index < -0.39 is 0 Å². The molecule has 0 aliphatic heterocycles. The number of carbonyl (C=O) groups excluding carboxylic acids is 1. The van der Waals surface area contributed by atoms with Crippen molar-refractivity contribution in [3.05, 3.63) is 58.1 Å². The van der Waals surface area contributed by atoms with Crippen molar-refractivity contribution < 1.29 is 9.53 Å². The number of thioether (sulfide) groups is 1. The predicted molar refractivity (Wildman–Crippen MR) is 106 cm³/mol. The number of carbonyl (C=O) groups is 1. The summed E-state index contributed by atoms with van der Waals surface area (Å²) >= 11 is 1.64. The average Bonchev–Trinajstić information content (AvgIpc) is 2.61. The summed E-state index contributed by atoms with van der Waals surface area (Å²) in [6, 6.07) is 9.96. The maximum absolute atomic E-state index is 12.5. The van der Waals surface area contributed by atoms with Crippen molar-refractivity contribution in [3.63, 3.8) is 0 Å². The Morgan fingerprint density at radius 3 is 2.16 bits per heavy atom. The predicted octanol–water partition coefficient (Wildman–Crippen LogP) is 4.73. The van der Waals surface area contributed by atoms with Gasteiger partial charge in [0, 0.05) is 11.4 Å². The van der Waals surface area contributed by atoms with Gasteiger partial charge in [0.05, 0.1) is 12.4 Å². The molecule has 4 heteroatoms. The smallest absolute Gasteiger partial charge is 0.233 e. The van der Waals surface area contributed by atoms with Crippen molar-refractivity contribution in [2.45, 2.75) is 51.3 Å². The van der Waals surface area contributed by atoms with E-state index in [9.17, 15) is 4.79 Å². The Morgan fingerprint density at radius 2 is 1.64 bits per heavy atom. The van der Waals surface area contributed by atoms with Crippen molar-refractivity contribution in [3.8, 4) is 5.75 Å². The third-order valence-corrected chi connectivity index (χ3v) is 6.00. The van der Waals surface area contributed by atoms with E-state index >= 15 is 0 Å². The van der Waals surface area contributed by atoms with Crippen molar-refractivity contribution in [2.24, 2.45) is 0 Å². The molecule has 0 fully saturated rings. The van der Waals surface area contributed by atoms with Crippen molar-refractivity contribution in [1.29, 1.82) is 0 Å². The third kappa shape index (κ3) is 4.79. The highest BCUT2D eigenvalue weighted by Gasteiger charge is 2.18. The second-order valence-electron chi connectivity index (χ2n) is 6.42. The van der Waals surface area contributed by atoms with E-state index in [4.69, 9.17) is 4.74 Å². The second-order valence-corrected chi connectivity index (χ2v) is 7.77. The zero-order valence-corrected chi connectivity index (χ0v) is 16.7. The summed E-state index contributed by atoms with van der Waals surface area (Å²) in [7, 11) is 1.65. The topological polar surface area (TPSA) is 38.3 Å². The van der Waals surface area contributed by atoms with Crippen LogP contribution in [0.15, 0.2) is 35.2 Å². The number of ether oxygens (including phenoxy) is 1. The summed E-state index contributed by atoms with van der Waals surface area (Å²) in [5.74, 6) is 0.874. The molecule has 0 unspecified atom stereocenters. The van der Waals surface area contributed by atoms with Crippen LogP contribution in [0.25, 0.3) is 0 Å². The minimum Gasteiger partial charge on any atom is -0.497 e. The number of hydrogen-bond donors (Lipinski definition) is 1. The van der Waals surface area contributed by atoms with Crippen molar-refractivity contribution in [1.82, 2.24) is 5.32 Å². The molecule has 0 heterocycles. The number of aryl methyl sites for hydroxylation is 2. The molecule has 25 heavy (non-hydrogen) atoms. The van der Waals surface area contributed by atoms with Gasteiger partial charge in [0.2, 0.25) is 5.91 Å². The van der Waals surface area contributed by atoms with E-state index in [1.165, 1.54) is 27.1 Å². The van der Waals surface area contributed by atoms with Crippen LogP contribution in [0.3, 0.4) is 0 Å². The molecule has 1 N–H and O–H groups in total. The zero-order chi connectivity index (χ0) is 18.6. The van der Waals surface area contributed by atoms with Gasteiger partial charge in [-0.1, -0.05) is 18.2 Å².